The Morgan fingerprint density at radius 1 is 0.755 bits per heavy atom. The molecular weight excluding hydrogens is 595 g/mol. The Hall–Kier alpha value is -5.64. The highest BCUT2D eigenvalue weighted by Gasteiger charge is 2.37. The maximum Gasteiger partial charge on any atom is 0.101 e. The van der Waals surface area contributed by atoms with Crippen molar-refractivity contribution < 1.29 is 0 Å². The van der Waals surface area contributed by atoms with Crippen molar-refractivity contribution in [3.63, 3.8) is 0 Å². The van der Waals surface area contributed by atoms with E-state index in [1.54, 1.807) is 0 Å². The highest BCUT2D eigenvalue weighted by Crippen LogP contribution is 2.53. The molecular formula is C46H41N3. The van der Waals surface area contributed by atoms with Crippen LogP contribution in [0.25, 0.3) is 44.4 Å². The van der Waals surface area contributed by atoms with E-state index in [0.29, 0.717) is 0 Å². The number of benzene rings is 6. The molecule has 0 amide bonds. The average Bonchev–Trinajstić information content (AvgIpc) is 3.38. The second-order valence-electron chi connectivity index (χ2n) is 13.6. The maximum absolute atomic E-state index is 6.82. The zero-order valence-corrected chi connectivity index (χ0v) is 28.1. The first-order chi connectivity index (χ1) is 24.0. The lowest BCUT2D eigenvalue weighted by Crippen LogP contribution is -2.27. The van der Waals surface area contributed by atoms with Gasteiger partial charge >= 0.3 is 0 Å². The van der Waals surface area contributed by atoms with Crippen LogP contribution in [0.5, 0.6) is 0 Å². The molecule has 0 bridgehead atoms. The van der Waals surface area contributed by atoms with Gasteiger partial charge in [-0.25, -0.2) is 0 Å². The number of hydrogen-bond donors (Lipinski definition) is 3. The van der Waals surface area contributed by atoms with E-state index in [4.69, 9.17) is 5.73 Å². The zero-order chi connectivity index (χ0) is 33.4. The van der Waals surface area contributed by atoms with E-state index in [1.807, 2.05) is 18.2 Å². The summed E-state index contributed by atoms with van der Waals surface area (Å²) in [6, 6.07) is 48.1. The molecule has 240 valence electrons. The molecule has 0 saturated carbocycles. The Balaban J connectivity index is 1.22. The summed E-state index contributed by atoms with van der Waals surface area (Å²) < 4.78 is 0. The van der Waals surface area contributed by atoms with Gasteiger partial charge in [-0.2, -0.15) is 0 Å². The standard InChI is InChI=1S/C46H41N3/c1-46(2)40-23-13-22-38(44(40)39-29-33-17-6-7-18-34(33)30-41(39)46)35-19-12-20-36(28-35)42(49-45(47)32-15-4-3-5-16-32)26-25-31-14-8-9-21-37(31)43-24-10-11-27-48-43/h3-24,26,28-30,45,48-49H,25,27,47H2,1-2H3/b42-26-. The van der Waals surface area contributed by atoms with E-state index in [0.717, 1.165) is 35.5 Å². The van der Waals surface area contributed by atoms with Gasteiger partial charge in [0.2, 0.25) is 0 Å². The van der Waals surface area contributed by atoms with Gasteiger partial charge in [0, 0.05) is 28.9 Å². The Morgan fingerprint density at radius 2 is 1.49 bits per heavy atom. The van der Waals surface area contributed by atoms with E-state index in [2.05, 4.69) is 164 Å². The number of allylic oxidation sites excluding steroid dienone is 3. The number of fused-ring (bicyclic) bond motifs is 4. The van der Waals surface area contributed by atoms with E-state index in [-0.39, 0.29) is 11.6 Å². The summed E-state index contributed by atoms with van der Waals surface area (Å²) in [5.41, 5.74) is 21.4. The lowest BCUT2D eigenvalue weighted by Gasteiger charge is -2.22. The fraction of sp³-hybridized carbons (Fsp3) is 0.130. The summed E-state index contributed by atoms with van der Waals surface area (Å²) in [7, 11) is 0. The molecule has 6 aromatic rings. The van der Waals surface area contributed by atoms with Gasteiger partial charge in [-0.1, -0.05) is 147 Å². The predicted molar refractivity (Wildman–Crippen MR) is 207 cm³/mol. The molecule has 6 aromatic carbocycles. The first kappa shape index (κ1) is 30.7. The van der Waals surface area contributed by atoms with Crippen LogP contribution in [0.3, 0.4) is 0 Å². The molecule has 0 saturated heterocycles. The summed E-state index contributed by atoms with van der Waals surface area (Å²) in [4.78, 5) is 0. The molecule has 0 aromatic heterocycles. The van der Waals surface area contributed by atoms with Gasteiger partial charge in [-0.05, 0) is 91.5 Å². The van der Waals surface area contributed by atoms with Crippen molar-refractivity contribution in [3.05, 3.63) is 191 Å². The lowest BCUT2D eigenvalue weighted by atomic mass is 9.81. The topological polar surface area (TPSA) is 50.1 Å². The summed E-state index contributed by atoms with van der Waals surface area (Å²) in [5, 5.41) is 9.79. The van der Waals surface area contributed by atoms with Crippen molar-refractivity contribution in [2.75, 3.05) is 6.54 Å². The van der Waals surface area contributed by atoms with Crippen molar-refractivity contribution in [1.82, 2.24) is 10.6 Å². The minimum absolute atomic E-state index is 0.0940. The SMILES string of the molecule is CC1(C)c2cc3ccccc3cc2-c2c(-c3cccc(/C(=C/Cc4ccccc4C4=CC=CCN4)NC(N)c4ccccc4)c3)cccc21. The normalized spacial score (nSPS) is 15.2. The van der Waals surface area contributed by atoms with E-state index < -0.39 is 0 Å². The molecule has 3 heteroatoms. The molecule has 0 fully saturated rings. The van der Waals surface area contributed by atoms with E-state index in [1.165, 1.54) is 55.3 Å². The van der Waals surface area contributed by atoms with Gasteiger partial charge in [0.05, 0.1) is 0 Å². The largest absolute Gasteiger partial charge is 0.381 e. The van der Waals surface area contributed by atoms with Gasteiger partial charge in [0.25, 0.3) is 0 Å². The van der Waals surface area contributed by atoms with Crippen LogP contribution in [0.15, 0.2) is 158 Å². The summed E-state index contributed by atoms with van der Waals surface area (Å²) in [5.74, 6) is 0. The fourth-order valence-corrected chi connectivity index (χ4v) is 7.56. The van der Waals surface area contributed by atoms with Crippen LogP contribution < -0.4 is 16.4 Å². The molecule has 4 N–H and O–H groups in total. The average molecular weight is 636 g/mol. The van der Waals surface area contributed by atoms with Crippen LogP contribution in [0.1, 0.15) is 53.4 Å². The second kappa shape index (κ2) is 12.8. The van der Waals surface area contributed by atoms with Crippen molar-refractivity contribution >= 4 is 22.2 Å². The Labute approximate surface area is 289 Å². The Kier molecular flexibility index (Phi) is 7.99. The van der Waals surface area contributed by atoms with Gasteiger partial charge in [0.1, 0.15) is 6.17 Å². The van der Waals surface area contributed by atoms with Gasteiger partial charge < -0.3 is 16.4 Å². The smallest absolute Gasteiger partial charge is 0.101 e. The molecule has 1 heterocycles. The molecule has 8 rings (SSSR count). The Bertz CT molecular complexity index is 2270. The molecule has 0 radical (unpaired) electrons. The summed E-state index contributed by atoms with van der Waals surface area (Å²) in [6.07, 6.45) is 9.10. The van der Waals surface area contributed by atoms with Crippen molar-refractivity contribution in [3.8, 4) is 22.3 Å². The molecule has 1 aliphatic carbocycles. The first-order valence-electron chi connectivity index (χ1n) is 17.2. The minimum atomic E-state index is -0.360. The third kappa shape index (κ3) is 5.77. The molecule has 3 nitrogen and oxygen atoms in total. The predicted octanol–water partition coefficient (Wildman–Crippen LogP) is 10.1. The molecule has 49 heavy (non-hydrogen) atoms. The number of dihydropyridines is 1. The number of hydrogen-bond acceptors (Lipinski definition) is 3. The highest BCUT2D eigenvalue weighted by molar-refractivity contribution is 5.98. The van der Waals surface area contributed by atoms with Crippen LogP contribution in [0, 0.1) is 0 Å². The highest BCUT2D eigenvalue weighted by atomic mass is 15.0. The third-order valence-corrected chi connectivity index (χ3v) is 10.2. The maximum atomic E-state index is 6.82. The van der Waals surface area contributed by atoms with Gasteiger partial charge in [-0.3, -0.25) is 0 Å². The lowest BCUT2D eigenvalue weighted by molar-refractivity contribution is 0.661. The quantitative estimate of drug-likeness (QED) is 0.146. The molecule has 0 spiro atoms. The molecule has 1 aliphatic heterocycles. The second-order valence-corrected chi connectivity index (χ2v) is 13.6. The zero-order valence-electron chi connectivity index (χ0n) is 28.1. The van der Waals surface area contributed by atoms with Crippen LogP contribution in [-0.4, -0.2) is 6.54 Å². The molecule has 2 aliphatic rings. The van der Waals surface area contributed by atoms with Gasteiger partial charge in [0.15, 0.2) is 0 Å². The van der Waals surface area contributed by atoms with E-state index >= 15 is 0 Å². The van der Waals surface area contributed by atoms with Crippen molar-refractivity contribution in [2.24, 2.45) is 5.73 Å². The summed E-state index contributed by atoms with van der Waals surface area (Å²) >= 11 is 0. The molecule has 1 unspecified atom stereocenters. The number of nitrogens with one attached hydrogen (secondary N) is 2. The Morgan fingerprint density at radius 3 is 2.31 bits per heavy atom. The summed E-state index contributed by atoms with van der Waals surface area (Å²) in [6.45, 7) is 5.55. The van der Waals surface area contributed by atoms with Crippen molar-refractivity contribution in [2.45, 2.75) is 31.8 Å². The number of rotatable bonds is 8. The fourth-order valence-electron chi connectivity index (χ4n) is 7.56. The van der Waals surface area contributed by atoms with Crippen LogP contribution in [-0.2, 0) is 11.8 Å². The van der Waals surface area contributed by atoms with Gasteiger partial charge in [-0.15, -0.1) is 0 Å². The third-order valence-electron chi connectivity index (χ3n) is 10.2. The minimum Gasteiger partial charge on any atom is -0.381 e. The molecule has 1 atom stereocenters. The number of nitrogens with two attached hydrogens (primary N) is 1. The van der Waals surface area contributed by atoms with Crippen LogP contribution in [0.2, 0.25) is 0 Å². The van der Waals surface area contributed by atoms with Crippen LogP contribution >= 0.6 is 0 Å². The van der Waals surface area contributed by atoms with Crippen molar-refractivity contribution in [1.29, 1.82) is 0 Å². The first-order valence-corrected chi connectivity index (χ1v) is 17.2. The van der Waals surface area contributed by atoms with E-state index in [9.17, 15) is 0 Å². The monoisotopic (exact) mass is 635 g/mol. The van der Waals surface area contributed by atoms with Crippen LogP contribution in [0.4, 0.5) is 0 Å².